The number of phenols is 2. The SMILES string of the molecule is C#Cc1cc(-c2cccc(O)c2)cc(-c2cccc(O)c2)c1. The zero-order chi connectivity index (χ0) is 15.5. The molecule has 2 N–H and O–H groups in total. The molecule has 0 aliphatic heterocycles. The summed E-state index contributed by atoms with van der Waals surface area (Å²) in [7, 11) is 0. The standard InChI is InChI=1S/C20H14O2/c1-2-14-9-17(15-5-3-7-19(21)12-15)11-18(10-14)16-6-4-8-20(22)13-16/h1,3-13,21-22H. The van der Waals surface area contributed by atoms with Gasteiger partial charge in [-0.2, -0.15) is 0 Å². The molecule has 2 nitrogen and oxygen atoms in total. The highest BCUT2D eigenvalue weighted by Gasteiger charge is 2.06. The zero-order valence-corrected chi connectivity index (χ0v) is 11.8. The summed E-state index contributed by atoms with van der Waals surface area (Å²) < 4.78 is 0. The average molecular weight is 286 g/mol. The molecule has 0 fully saturated rings. The van der Waals surface area contributed by atoms with Gasteiger partial charge in [-0.15, -0.1) is 6.42 Å². The van der Waals surface area contributed by atoms with Gasteiger partial charge in [0.15, 0.2) is 0 Å². The van der Waals surface area contributed by atoms with Crippen LogP contribution in [0.1, 0.15) is 5.56 Å². The van der Waals surface area contributed by atoms with Gasteiger partial charge in [-0.25, -0.2) is 0 Å². The molecule has 0 radical (unpaired) electrons. The lowest BCUT2D eigenvalue weighted by molar-refractivity contribution is 0.475. The van der Waals surface area contributed by atoms with Crippen molar-refractivity contribution in [3.8, 4) is 46.1 Å². The number of terminal acetylenes is 1. The molecule has 0 saturated heterocycles. The Balaban J connectivity index is 2.17. The lowest BCUT2D eigenvalue weighted by atomic mass is 9.96. The minimum atomic E-state index is 0.211. The maximum atomic E-state index is 9.65. The number of phenolic OH excluding ortho intramolecular Hbond substituents is 2. The first kappa shape index (κ1) is 13.8. The van der Waals surface area contributed by atoms with Crippen molar-refractivity contribution < 1.29 is 10.2 Å². The highest BCUT2D eigenvalue weighted by atomic mass is 16.3. The van der Waals surface area contributed by atoms with Crippen molar-refractivity contribution in [3.05, 3.63) is 72.3 Å². The van der Waals surface area contributed by atoms with Crippen molar-refractivity contribution >= 4 is 0 Å². The molecule has 0 unspecified atom stereocenters. The fourth-order valence-corrected chi connectivity index (χ4v) is 2.42. The van der Waals surface area contributed by atoms with Crippen LogP contribution in [0.3, 0.4) is 0 Å². The molecule has 3 rings (SSSR count). The molecule has 0 heterocycles. The Bertz CT molecular complexity index is 809. The van der Waals surface area contributed by atoms with Crippen LogP contribution in [0, 0.1) is 12.3 Å². The van der Waals surface area contributed by atoms with Crippen LogP contribution in [0.5, 0.6) is 11.5 Å². The fraction of sp³-hybridized carbons (Fsp3) is 0. The van der Waals surface area contributed by atoms with Gasteiger partial charge in [0.1, 0.15) is 11.5 Å². The monoisotopic (exact) mass is 286 g/mol. The summed E-state index contributed by atoms with van der Waals surface area (Å²) in [5, 5.41) is 19.3. The van der Waals surface area contributed by atoms with E-state index in [1.165, 1.54) is 0 Å². The second-order valence-corrected chi connectivity index (χ2v) is 5.04. The number of hydrogen-bond donors (Lipinski definition) is 2. The van der Waals surface area contributed by atoms with E-state index in [4.69, 9.17) is 6.42 Å². The van der Waals surface area contributed by atoms with E-state index in [1.807, 2.05) is 30.3 Å². The molecule has 3 aromatic rings. The molecule has 2 heteroatoms. The van der Waals surface area contributed by atoms with Crippen molar-refractivity contribution in [2.24, 2.45) is 0 Å². The van der Waals surface area contributed by atoms with Crippen LogP contribution < -0.4 is 0 Å². The zero-order valence-electron chi connectivity index (χ0n) is 11.8. The quantitative estimate of drug-likeness (QED) is 0.685. The van der Waals surface area contributed by atoms with Crippen LogP contribution in [0.15, 0.2) is 66.7 Å². The lowest BCUT2D eigenvalue weighted by Crippen LogP contribution is -1.85. The fourth-order valence-electron chi connectivity index (χ4n) is 2.42. The number of hydrogen-bond acceptors (Lipinski definition) is 2. The molecule has 0 aromatic heterocycles. The largest absolute Gasteiger partial charge is 0.508 e. The van der Waals surface area contributed by atoms with Crippen molar-refractivity contribution in [2.75, 3.05) is 0 Å². The third kappa shape index (κ3) is 2.79. The summed E-state index contributed by atoms with van der Waals surface area (Å²) in [6.45, 7) is 0. The van der Waals surface area contributed by atoms with Gasteiger partial charge in [-0.3, -0.25) is 0 Å². The highest BCUT2D eigenvalue weighted by Crippen LogP contribution is 2.30. The molecular formula is C20H14O2. The third-order valence-corrected chi connectivity index (χ3v) is 3.46. The molecule has 0 spiro atoms. The molecule has 0 aliphatic carbocycles. The van der Waals surface area contributed by atoms with E-state index in [2.05, 4.69) is 5.92 Å². The van der Waals surface area contributed by atoms with Crippen molar-refractivity contribution in [3.63, 3.8) is 0 Å². The summed E-state index contributed by atoms with van der Waals surface area (Å²) in [6.07, 6.45) is 5.55. The van der Waals surface area contributed by atoms with E-state index in [9.17, 15) is 10.2 Å². The maximum Gasteiger partial charge on any atom is 0.116 e. The summed E-state index contributed by atoms with van der Waals surface area (Å²) in [5.74, 6) is 3.07. The predicted octanol–water partition coefficient (Wildman–Crippen LogP) is 4.41. The van der Waals surface area contributed by atoms with Gasteiger partial charge in [0.05, 0.1) is 0 Å². The Kier molecular flexibility index (Phi) is 3.55. The molecule has 0 saturated carbocycles. The highest BCUT2D eigenvalue weighted by molar-refractivity contribution is 5.76. The normalized spacial score (nSPS) is 10.1. The molecule has 0 atom stereocenters. The van der Waals surface area contributed by atoms with Gasteiger partial charge in [-0.05, 0) is 64.7 Å². The Morgan fingerprint density at radius 2 is 1.14 bits per heavy atom. The molecule has 106 valence electrons. The van der Waals surface area contributed by atoms with Gasteiger partial charge >= 0.3 is 0 Å². The van der Waals surface area contributed by atoms with Gasteiger partial charge < -0.3 is 10.2 Å². The Labute approximate surface area is 129 Å². The van der Waals surface area contributed by atoms with E-state index in [0.717, 1.165) is 27.8 Å². The third-order valence-electron chi connectivity index (χ3n) is 3.46. The van der Waals surface area contributed by atoms with Crippen molar-refractivity contribution in [1.82, 2.24) is 0 Å². The summed E-state index contributed by atoms with van der Waals surface area (Å²) in [5.41, 5.74) is 4.37. The van der Waals surface area contributed by atoms with Crippen LogP contribution in [0.4, 0.5) is 0 Å². The van der Waals surface area contributed by atoms with Crippen LogP contribution in [0.2, 0.25) is 0 Å². The smallest absolute Gasteiger partial charge is 0.116 e. The first-order valence-electron chi connectivity index (χ1n) is 6.86. The topological polar surface area (TPSA) is 40.5 Å². The van der Waals surface area contributed by atoms with Gasteiger partial charge in [0.25, 0.3) is 0 Å². The van der Waals surface area contributed by atoms with E-state index in [1.54, 1.807) is 36.4 Å². The van der Waals surface area contributed by atoms with E-state index in [0.29, 0.717) is 0 Å². The molecular weight excluding hydrogens is 272 g/mol. The van der Waals surface area contributed by atoms with Crippen LogP contribution >= 0.6 is 0 Å². The Morgan fingerprint density at radius 3 is 1.55 bits per heavy atom. The van der Waals surface area contributed by atoms with E-state index in [-0.39, 0.29) is 11.5 Å². The first-order chi connectivity index (χ1) is 10.7. The van der Waals surface area contributed by atoms with Crippen molar-refractivity contribution in [2.45, 2.75) is 0 Å². The van der Waals surface area contributed by atoms with Gasteiger partial charge in [-0.1, -0.05) is 30.2 Å². The molecule has 0 bridgehead atoms. The van der Waals surface area contributed by atoms with Crippen LogP contribution in [-0.4, -0.2) is 10.2 Å². The van der Waals surface area contributed by atoms with Crippen LogP contribution in [0.25, 0.3) is 22.3 Å². The van der Waals surface area contributed by atoms with E-state index >= 15 is 0 Å². The number of rotatable bonds is 2. The van der Waals surface area contributed by atoms with Crippen molar-refractivity contribution in [1.29, 1.82) is 0 Å². The van der Waals surface area contributed by atoms with Crippen LogP contribution in [-0.2, 0) is 0 Å². The van der Waals surface area contributed by atoms with Gasteiger partial charge in [0, 0.05) is 5.56 Å². The molecule has 3 aromatic carbocycles. The minimum Gasteiger partial charge on any atom is -0.508 e. The first-order valence-corrected chi connectivity index (χ1v) is 6.86. The van der Waals surface area contributed by atoms with Gasteiger partial charge in [0.2, 0.25) is 0 Å². The lowest BCUT2D eigenvalue weighted by Gasteiger charge is -2.09. The summed E-state index contributed by atoms with van der Waals surface area (Å²) >= 11 is 0. The molecule has 22 heavy (non-hydrogen) atoms. The number of benzene rings is 3. The Morgan fingerprint density at radius 1 is 0.636 bits per heavy atom. The summed E-state index contributed by atoms with van der Waals surface area (Å²) in [6, 6.07) is 19.9. The second kappa shape index (κ2) is 5.67. The summed E-state index contributed by atoms with van der Waals surface area (Å²) in [4.78, 5) is 0. The Hall–Kier alpha value is -3.18. The molecule has 0 aliphatic rings. The maximum absolute atomic E-state index is 9.65. The minimum absolute atomic E-state index is 0.211. The predicted molar refractivity (Wildman–Crippen MR) is 88.6 cm³/mol. The second-order valence-electron chi connectivity index (χ2n) is 5.04. The molecule has 0 amide bonds. The number of aromatic hydroxyl groups is 2. The van der Waals surface area contributed by atoms with E-state index < -0.39 is 0 Å². The average Bonchev–Trinajstić information content (AvgIpc) is 2.54.